The van der Waals surface area contributed by atoms with Crippen molar-refractivity contribution in [2.45, 2.75) is 38.5 Å². The van der Waals surface area contributed by atoms with Crippen LogP contribution in [-0.4, -0.2) is 42.8 Å². The summed E-state index contributed by atoms with van der Waals surface area (Å²) >= 11 is 0. The van der Waals surface area contributed by atoms with Gasteiger partial charge < -0.3 is 20.3 Å². The molecule has 1 aliphatic heterocycles. The summed E-state index contributed by atoms with van der Waals surface area (Å²) in [5.74, 6) is -1.60. The van der Waals surface area contributed by atoms with E-state index < -0.39 is 11.6 Å². The molecule has 1 fully saturated rings. The Morgan fingerprint density at radius 3 is 2.28 bits per heavy atom. The molecule has 0 atom stereocenters. The number of nitrogens with zero attached hydrogens (tertiary/aromatic N) is 1. The highest BCUT2D eigenvalue weighted by atomic mass is 19.2. The monoisotopic (exact) mass is 535 g/mol. The van der Waals surface area contributed by atoms with Gasteiger partial charge in [0.25, 0.3) is 5.91 Å². The smallest absolute Gasteiger partial charge is 0.255 e. The highest BCUT2D eigenvalue weighted by Gasteiger charge is 2.24. The van der Waals surface area contributed by atoms with E-state index in [-0.39, 0.29) is 24.1 Å². The third-order valence-corrected chi connectivity index (χ3v) is 6.87. The number of anilines is 2. The number of ether oxygens (including phenoxy) is 1. The summed E-state index contributed by atoms with van der Waals surface area (Å²) < 4.78 is 31.7. The van der Waals surface area contributed by atoms with Crippen molar-refractivity contribution >= 4 is 29.1 Å². The number of rotatable bonds is 8. The molecule has 39 heavy (non-hydrogen) atoms. The second kappa shape index (κ2) is 12.5. The summed E-state index contributed by atoms with van der Waals surface area (Å²) in [4.78, 5) is 38.7. The van der Waals surface area contributed by atoms with Crippen molar-refractivity contribution in [2.75, 3.05) is 30.8 Å². The summed E-state index contributed by atoms with van der Waals surface area (Å²) in [7, 11) is 1.49. The predicted octanol–water partition coefficient (Wildman–Crippen LogP) is 5.52. The van der Waals surface area contributed by atoms with Crippen LogP contribution in [0.4, 0.5) is 20.2 Å². The predicted molar refractivity (Wildman–Crippen MR) is 145 cm³/mol. The molecular weight excluding hydrogens is 504 g/mol. The van der Waals surface area contributed by atoms with Crippen molar-refractivity contribution in [3.05, 3.63) is 89.0 Å². The molecule has 3 aromatic rings. The largest absolute Gasteiger partial charge is 0.495 e. The number of carbonyl (C=O) groups is 3. The normalized spacial score (nSPS) is 13.6. The van der Waals surface area contributed by atoms with E-state index in [1.807, 2.05) is 29.2 Å². The van der Waals surface area contributed by atoms with Gasteiger partial charge in [-0.1, -0.05) is 18.2 Å². The number of benzene rings is 3. The molecule has 4 rings (SSSR count). The van der Waals surface area contributed by atoms with Crippen molar-refractivity contribution in [1.82, 2.24) is 4.90 Å². The van der Waals surface area contributed by atoms with Crippen molar-refractivity contribution in [3.63, 3.8) is 0 Å². The Balaban J connectivity index is 1.28. The van der Waals surface area contributed by atoms with Gasteiger partial charge in [-0.2, -0.15) is 0 Å². The molecule has 7 nitrogen and oxygen atoms in total. The van der Waals surface area contributed by atoms with Gasteiger partial charge in [-0.15, -0.1) is 0 Å². The molecule has 1 aliphatic rings. The first-order chi connectivity index (χ1) is 18.7. The van der Waals surface area contributed by atoms with Crippen LogP contribution in [0.2, 0.25) is 0 Å². The van der Waals surface area contributed by atoms with Crippen LogP contribution in [-0.2, 0) is 16.0 Å². The van der Waals surface area contributed by atoms with E-state index in [0.29, 0.717) is 53.7 Å². The average Bonchev–Trinajstić information content (AvgIpc) is 2.93. The molecule has 9 heteroatoms. The second-order valence-electron chi connectivity index (χ2n) is 9.58. The lowest BCUT2D eigenvalue weighted by Crippen LogP contribution is -2.38. The van der Waals surface area contributed by atoms with Crippen molar-refractivity contribution < 1.29 is 27.9 Å². The highest BCUT2D eigenvalue weighted by Crippen LogP contribution is 2.30. The molecule has 0 aliphatic carbocycles. The molecule has 0 radical (unpaired) electrons. The average molecular weight is 536 g/mol. The van der Waals surface area contributed by atoms with Gasteiger partial charge in [0.05, 0.1) is 12.8 Å². The summed E-state index contributed by atoms with van der Waals surface area (Å²) in [5, 5.41) is 5.53. The van der Waals surface area contributed by atoms with E-state index in [9.17, 15) is 23.2 Å². The van der Waals surface area contributed by atoms with E-state index in [1.54, 1.807) is 18.2 Å². The SMILES string of the molecule is COc1ccc(C(=O)Nc2ccc(C3CCN(C(=O)CCc4ccc(F)c(F)c4)CC3)cc2)cc1NC(C)=O. The molecule has 0 spiro atoms. The fourth-order valence-electron chi connectivity index (χ4n) is 4.75. The fraction of sp³-hybridized carbons (Fsp3) is 0.300. The number of aryl methyl sites for hydroxylation is 1. The topological polar surface area (TPSA) is 87.7 Å². The third kappa shape index (κ3) is 7.19. The van der Waals surface area contributed by atoms with E-state index >= 15 is 0 Å². The number of methoxy groups -OCH3 is 1. The first-order valence-electron chi connectivity index (χ1n) is 12.8. The molecular formula is C30H31F2N3O4. The number of amides is 3. The number of piperidine rings is 1. The van der Waals surface area contributed by atoms with Gasteiger partial charge in [0.15, 0.2) is 11.6 Å². The van der Waals surface area contributed by atoms with E-state index in [0.717, 1.165) is 30.5 Å². The zero-order chi connectivity index (χ0) is 27.9. The summed E-state index contributed by atoms with van der Waals surface area (Å²) in [6.45, 7) is 2.65. The minimum Gasteiger partial charge on any atom is -0.495 e. The van der Waals surface area contributed by atoms with Gasteiger partial charge in [-0.3, -0.25) is 14.4 Å². The Morgan fingerprint density at radius 2 is 1.64 bits per heavy atom. The Labute approximate surface area is 226 Å². The first-order valence-corrected chi connectivity index (χ1v) is 12.8. The van der Waals surface area contributed by atoms with Gasteiger partial charge in [0, 0.05) is 37.7 Å². The first kappa shape index (κ1) is 27.8. The fourth-order valence-corrected chi connectivity index (χ4v) is 4.75. The summed E-state index contributed by atoms with van der Waals surface area (Å²) in [5.41, 5.74) is 3.18. The molecule has 1 saturated heterocycles. The molecule has 1 heterocycles. The van der Waals surface area contributed by atoms with Gasteiger partial charge in [0.1, 0.15) is 5.75 Å². The van der Waals surface area contributed by atoms with Gasteiger partial charge in [-0.05, 0) is 78.8 Å². The molecule has 3 amide bonds. The summed E-state index contributed by atoms with van der Waals surface area (Å²) in [6, 6.07) is 16.2. The van der Waals surface area contributed by atoms with Crippen LogP contribution < -0.4 is 15.4 Å². The molecule has 0 aromatic heterocycles. The zero-order valence-corrected chi connectivity index (χ0v) is 21.9. The van der Waals surface area contributed by atoms with Crippen LogP contribution in [0.1, 0.15) is 53.6 Å². The van der Waals surface area contributed by atoms with Crippen LogP contribution >= 0.6 is 0 Å². The number of hydrogen-bond acceptors (Lipinski definition) is 4. The third-order valence-electron chi connectivity index (χ3n) is 6.87. The Hall–Kier alpha value is -4.27. The number of likely N-dealkylation sites (tertiary alicyclic amines) is 1. The van der Waals surface area contributed by atoms with Gasteiger partial charge in [-0.25, -0.2) is 8.78 Å². The lowest BCUT2D eigenvalue weighted by Gasteiger charge is -2.32. The minimum atomic E-state index is -0.900. The maximum Gasteiger partial charge on any atom is 0.255 e. The van der Waals surface area contributed by atoms with Crippen molar-refractivity contribution in [2.24, 2.45) is 0 Å². The van der Waals surface area contributed by atoms with E-state index in [1.165, 1.54) is 20.1 Å². The molecule has 0 unspecified atom stereocenters. The molecule has 0 bridgehead atoms. The maximum atomic E-state index is 13.4. The Bertz CT molecular complexity index is 1350. The number of halogens is 2. The van der Waals surface area contributed by atoms with Crippen molar-refractivity contribution in [1.29, 1.82) is 0 Å². The maximum absolute atomic E-state index is 13.4. The standard InChI is InChI=1S/C30H31F2N3O4/c1-19(36)33-27-18-23(7-11-28(27)39-2)30(38)34-24-8-5-21(6-9-24)22-13-15-35(16-14-22)29(37)12-4-20-3-10-25(31)26(32)17-20/h3,5-11,17-18,22H,4,12-16H2,1-2H3,(H,33,36)(H,34,38). The zero-order valence-electron chi connectivity index (χ0n) is 21.9. The van der Waals surface area contributed by atoms with Crippen LogP contribution in [0.25, 0.3) is 0 Å². The van der Waals surface area contributed by atoms with E-state index in [2.05, 4.69) is 10.6 Å². The van der Waals surface area contributed by atoms with Crippen LogP contribution in [0.3, 0.4) is 0 Å². The molecule has 3 aromatic carbocycles. The van der Waals surface area contributed by atoms with Crippen LogP contribution in [0.5, 0.6) is 5.75 Å². The Kier molecular flexibility index (Phi) is 8.91. The lowest BCUT2D eigenvalue weighted by atomic mass is 9.89. The lowest BCUT2D eigenvalue weighted by molar-refractivity contribution is -0.132. The van der Waals surface area contributed by atoms with Crippen LogP contribution in [0.15, 0.2) is 60.7 Å². The number of hydrogen-bond donors (Lipinski definition) is 2. The van der Waals surface area contributed by atoms with Gasteiger partial charge in [0.2, 0.25) is 11.8 Å². The second-order valence-corrected chi connectivity index (χ2v) is 9.58. The number of carbonyl (C=O) groups excluding carboxylic acids is 3. The Morgan fingerprint density at radius 1 is 0.923 bits per heavy atom. The quantitative estimate of drug-likeness (QED) is 0.398. The molecule has 204 valence electrons. The highest BCUT2D eigenvalue weighted by molar-refractivity contribution is 6.05. The molecule has 2 N–H and O–H groups in total. The van der Waals surface area contributed by atoms with E-state index in [4.69, 9.17) is 4.74 Å². The van der Waals surface area contributed by atoms with Crippen molar-refractivity contribution in [3.8, 4) is 5.75 Å². The van der Waals surface area contributed by atoms with Crippen LogP contribution in [0, 0.1) is 11.6 Å². The minimum absolute atomic E-state index is 0.0106. The van der Waals surface area contributed by atoms with Gasteiger partial charge >= 0.3 is 0 Å². The number of nitrogens with one attached hydrogen (secondary N) is 2. The molecule has 0 saturated carbocycles. The summed E-state index contributed by atoms with van der Waals surface area (Å²) in [6.07, 6.45) is 2.26.